The fourth-order valence-electron chi connectivity index (χ4n) is 3.12. The van der Waals surface area contributed by atoms with E-state index in [2.05, 4.69) is 15.6 Å². The Morgan fingerprint density at radius 2 is 2.12 bits per heavy atom. The van der Waals surface area contributed by atoms with Gasteiger partial charge in [0.2, 0.25) is 5.91 Å². The van der Waals surface area contributed by atoms with Crippen LogP contribution in [-0.2, 0) is 4.79 Å². The van der Waals surface area contributed by atoms with Crippen LogP contribution in [0, 0.1) is 6.92 Å². The number of nitrogens with zero attached hydrogens (tertiary/aromatic N) is 1. The van der Waals surface area contributed by atoms with Crippen LogP contribution in [0.25, 0.3) is 10.6 Å². The number of rotatable bonds is 5. The molecule has 1 aromatic heterocycles. The van der Waals surface area contributed by atoms with Gasteiger partial charge in [0.1, 0.15) is 10.8 Å². The molecule has 1 aliphatic rings. The van der Waals surface area contributed by atoms with Gasteiger partial charge >= 0.3 is 0 Å². The van der Waals surface area contributed by atoms with Gasteiger partial charge in [0.05, 0.1) is 29.8 Å². The molecule has 0 aliphatic carbocycles. The average Bonchev–Trinajstić information content (AvgIpc) is 3.04. The topological polar surface area (TPSA) is 63.2 Å². The Morgan fingerprint density at radius 1 is 1.36 bits per heavy atom. The number of hydrogen-bond acceptors (Lipinski definition) is 5. The predicted molar refractivity (Wildman–Crippen MR) is 101 cm³/mol. The lowest BCUT2D eigenvalue weighted by atomic mass is 10.0. The number of carbonyl (C=O) groups excluding carboxylic acids is 1. The first-order valence-corrected chi connectivity index (χ1v) is 9.55. The number of ether oxygens (including phenoxy) is 1. The summed E-state index contributed by atoms with van der Waals surface area (Å²) < 4.78 is 5.20. The first-order chi connectivity index (χ1) is 12.1. The molecule has 1 amide bonds. The zero-order valence-corrected chi connectivity index (χ0v) is 15.8. The summed E-state index contributed by atoms with van der Waals surface area (Å²) >= 11 is 1.64. The molecule has 2 N–H and O–H groups in total. The van der Waals surface area contributed by atoms with Crippen LogP contribution in [-0.4, -0.2) is 30.6 Å². The average molecular weight is 359 g/mol. The van der Waals surface area contributed by atoms with E-state index in [0.29, 0.717) is 0 Å². The Hall–Kier alpha value is -1.92. The second-order valence-corrected chi connectivity index (χ2v) is 7.46. The van der Waals surface area contributed by atoms with Crippen LogP contribution >= 0.6 is 11.3 Å². The summed E-state index contributed by atoms with van der Waals surface area (Å²) in [5, 5.41) is 7.40. The monoisotopic (exact) mass is 359 g/mol. The highest BCUT2D eigenvalue weighted by molar-refractivity contribution is 7.15. The van der Waals surface area contributed by atoms with Crippen LogP contribution in [0.5, 0.6) is 5.75 Å². The Bertz CT molecular complexity index is 721. The van der Waals surface area contributed by atoms with Crippen molar-refractivity contribution in [1.29, 1.82) is 0 Å². The van der Waals surface area contributed by atoms with Crippen LogP contribution in [0.4, 0.5) is 0 Å². The number of hydrogen-bond donors (Lipinski definition) is 2. The fourth-order valence-corrected chi connectivity index (χ4v) is 4.20. The van der Waals surface area contributed by atoms with Gasteiger partial charge in [-0.05, 0) is 57.5 Å². The van der Waals surface area contributed by atoms with Gasteiger partial charge in [0.25, 0.3) is 0 Å². The van der Waals surface area contributed by atoms with Gasteiger partial charge < -0.3 is 15.4 Å². The molecule has 2 atom stereocenters. The Kier molecular flexibility index (Phi) is 5.71. The van der Waals surface area contributed by atoms with Gasteiger partial charge in [-0.3, -0.25) is 4.79 Å². The van der Waals surface area contributed by atoms with E-state index in [-0.39, 0.29) is 18.0 Å². The molecule has 0 radical (unpaired) electrons. The summed E-state index contributed by atoms with van der Waals surface area (Å²) in [6.07, 6.45) is 3.18. The molecule has 0 bridgehead atoms. The van der Waals surface area contributed by atoms with Crippen molar-refractivity contribution in [2.24, 2.45) is 0 Å². The van der Waals surface area contributed by atoms with Crippen molar-refractivity contribution in [3.63, 3.8) is 0 Å². The zero-order valence-electron chi connectivity index (χ0n) is 15.0. The third-order valence-electron chi connectivity index (χ3n) is 4.55. The number of amides is 1. The number of aryl methyl sites for hydroxylation is 1. The molecule has 2 aromatic rings. The molecule has 0 saturated carbocycles. The lowest BCUT2D eigenvalue weighted by Gasteiger charge is -2.24. The lowest BCUT2D eigenvalue weighted by molar-refractivity contribution is -0.124. The smallest absolute Gasteiger partial charge is 0.237 e. The standard InChI is InChI=1S/C19H25N3O2S/c1-12(21-18(23)16-6-4-5-11-20-16)17-13(2)22-19(25-17)14-7-9-15(24-3)10-8-14/h7-10,12,16,20H,4-6,11H2,1-3H3,(H,21,23). The van der Waals surface area contributed by atoms with Crippen molar-refractivity contribution in [2.45, 2.75) is 45.2 Å². The molecule has 1 aliphatic heterocycles. The highest BCUT2D eigenvalue weighted by atomic mass is 32.1. The highest BCUT2D eigenvalue weighted by Gasteiger charge is 2.24. The van der Waals surface area contributed by atoms with Gasteiger partial charge in [-0.1, -0.05) is 6.42 Å². The number of aromatic nitrogens is 1. The van der Waals surface area contributed by atoms with E-state index >= 15 is 0 Å². The summed E-state index contributed by atoms with van der Waals surface area (Å²) in [5.41, 5.74) is 2.04. The molecule has 1 aromatic carbocycles. The zero-order chi connectivity index (χ0) is 17.8. The summed E-state index contributed by atoms with van der Waals surface area (Å²) in [6.45, 7) is 4.95. The van der Waals surface area contributed by atoms with E-state index in [1.54, 1.807) is 18.4 Å². The molecule has 1 saturated heterocycles. The molecular formula is C19H25N3O2S. The maximum atomic E-state index is 12.4. The van der Waals surface area contributed by atoms with Crippen LogP contribution in [0.2, 0.25) is 0 Å². The first-order valence-electron chi connectivity index (χ1n) is 8.74. The van der Waals surface area contributed by atoms with Gasteiger partial charge in [0.15, 0.2) is 0 Å². The van der Waals surface area contributed by atoms with Crippen LogP contribution in [0.15, 0.2) is 24.3 Å². The Balaban J connectivity index is 1.71. The molecule has 2 heterocycles. The number of nitrogens with one attached hydrogen (secondary N) is 2. The van der Waals surface area contributed by atoms with Crippen molar-refractivity contribution in [3.05, 3.63) is 34.8 Å². The largest absolute Gasteiger partial charge is 0.497 e. The van der Waals surface area contributed by atoms with Gasteiger partial charge in [-0.15, -0.1) is 11.3 Å². The van der Waals surface area contributed by atoms with Crippen molar-refractivity contribution in [1.82, 2.24) is 15.6 Å². The molecule has 1 fully saturated rings. The van der Waals surface area contributed by atoms with E-state index in [0.717, 1.165) is 52.7 Å². The van der Waals surface area contributed by atoms with E-state index in [4.69, 9.17) is 4.74 Å². The number of thiazole rings is 1. The second kappa shape index (κ2) is 7.97. The molecule has 25 heavy (non-hydrogen) atoms. The van der Waals surface area contributed by atoms with Crippen molar-refractivity contribution in [3.8, 4) is 16.3 Å². The minimum absolute atomic E-state index is 0.0410. The quantitative estimate of drug-likeness (QED) is 0.858. The molecule has 134 valence electrons. The summed E-state index contributed by atoms with van der Waals surface area (Å²) in [5.74, 6) is 0.920. The third kappa shape index (κ3) is 4.19. The van der Waals surface area contributed by atoms with Crippen LogP contribution < -0.4 is 15.4 Å². The van der Waals surface area contributed by atoms with Crippen molar-refractivity contribution < 1.29 is 9.53 Å². The van der Waals surface area contributed by atoms with Gasteiger partial charge in [-0.2, -0.15) is 0 Å². The molecule has 0 spiro atoms. The third-order valence-corrected chi connectivity index (χ3v) is 5.94. The second-order valence-electron chi connectivity index (χ2n) is 6.43. The molecular weight excluding hydrogens is 334 g/mol. The van der Waals surface area contributed by atoms with Crippen molar-refractivity contribution in [2.75, 3.05) is 13.7 Å². The summed E-state index contributed by atoms with van der Waals surface area (Å²) in [7, 11) is 1.66. The Morgan fingerprint density at radius 3 is 2.76 bits per heavy atom. The SMILES string of the molecule is COc1ccc(-c2nc(C)c(C(C)NC(=O)C3CCCCN3)s2)cc1. The lowest BCUT2D eigenvalue weighted by Crippen LogP contribution is -2.47. The maximum Gasteiger partial charge on any atom is 0.237 e. The van der Waals surface area contributed by atoms with Crippen LogP contribution in [0.3, 0.4) is 0 Å². The van der Waals surface area contributed by atoms with E-state index in [1.807, 2.05) is 38.1 Å². The van der Waals surface area contributed by atoms with Gasteiger partial charge in [0, 0.05) is 5.56 Å². The minimum Gasteiger partial charge on any atom is -0.497 e. The van der Waals surface area contributed by atoms with Gasteiger partial charge in [-0.25, -0.2) is 4.98 Å². The molecule has 2 unspecified atom stereocenters. The highest BCUT2D eigenvalue weighted by Crippen LogP contribution is 2.32. The Labute approximate surface area is 152 Å². The van der Waals surface area contributed by atoms with E-state index in [1.165, 1.54) is 0 Å². The fraction of sp³-hybridized carbons (Fsp3) is 0.474. The predicted octanol–water partition coefficient (Wildman–Crippen LogP) is 3.45. The number of piperidine rings is 1. The van der Waals surface area contributed by atoms with Crippen molar-refractivity contribution >= 4 is 17.2 Å². The molecule has 3 rings (SSSR count). The van der Waals surface area contributed by atoms with E-state index in [9.17, 15) is 4.79 Å². The maximum absolute atomic E-state index is 12.4. The summed E-state index contributed by atoms with van der Waals surface area (Å²) in [6, 6.07) is 7.79. The minimum atomic E-state index is -0.0644. The number of benzene rings is 1. The molecule has 6 heteroatoms. The molecule has 5 nitrogen and oxygen atoms in total. The number of methoxy groups -OCH3 is 1. The normalized spacial score (nSPS) is 18.6. The summed E-state index contributed by atoms with van der Waals surface area (Å²) in [4.78, 5) is 18.2. The van der Waals surface area contributed by atoms with Crippen LogP contribution in [0.1, 0.15) is 42.8 Å². The van der Waals surface area contributed by atoms with E-state index < -0.39 is 0 Å². The first kappa shape index (κ1) is 17.9. The number of carbonyl (C=O) groups is 1.